The highest BCUT2D eigenvalue weighted by Crippen LogP contribution is 2.20. The van der Waals surface area contributed by atoms with Gasteiger partial charge in [0.2, 0.25) is 0 Å². The minimum absolute atomic E-state index is 0.122. The van der Waals surface area contributed by atoms with Gasteiger partial charge in [-0.25, -0.2) is 0 Å². The van der Waals surface area contributed by atoms with E-state index in [2.05, 4.69) is 17.0 Å². The third-order valence-electron chi connectivity index (χ3n) is 5.23. The van der Waals surface area contributed by atoms with Gasteiger partial charge in [-0.05, 0) is 25.0 Å². The summed E-state index contributed by atoms with van der Waals surface area (Å²) < 4.78 is 0. The van der Waals surface area contributed by atoms with Crippen LogP contribution in [-0.4, -0.2) is 66.1 Å². The Labute approximate surface area is 159 Å². The zero-order valence-electron chi connectivity index (χ0n) is 15.3. The van der Waals surface area contributed by atoms with Crippen LogP contribution in [0.2, 0.25) is 0 Å². The van der Waals surface area contributed by atoms with Crippen molar-refractivity contribution >= 4 is 17.6 Å². The number of aliphatic carboxylic acids is 1. The lowest BCUT2D eigenvalue weighted by molar-refractivity contribution is -0.145. The lowest BCUT2D eigenvalue weighted by atomic mass is 9.97. The maximum absolute atomic E-state index is 12.6. The van der Waals surface area contributed by atoms with E-state index < -0.39 is 11.9 Å². The Hall–Kier alpha value is -3.01. The second-order valence-electron chi connectivity index (χ2n) is 6.92. The molecular weight excluding hydrogens is 344 g/mol. The van der Waals surface area contributed by atoms with Crippen LogP contribution in [0.3, 0.4) is 0 Å². The first kappa shape index (κ1) is 18.8. The molecule has 2 fully saturated rings. The van der Waals surface area contributed by atoms with Crippen LogP contribution in [0, 0.1) is 17.2 Å². The van der Waals surface area contributed by atoms with Crippen LogP contribution >= 0.6 is 0 Å². The second-order valence-corrected chi connectivity index (χ2v) is 6.92. The SMILES string of the molecule is N#C/C(=C/N1CCN(c2ccccc2)CC1)C(=O)N1CCC(C(=O)O)CC1. The van der Waals surface area contributed by atoms with Gasteiger partial charge in [-0.2, -0.15) is 5.26 Å². The average molecular weight is 368 g/mol. The summed E-state index contributed by atoms with van der Waals surface area (Å²) in [6, 6.07) is 12.2. The lowest BCUT2D eigenvalue weighted by Gasteiger charge is -2.36. The van der Waals surface area contributed by atoms with E-state index in [1.165, 1.54) is 5.69 Å². The van der Waals surface area contributed by atoms with Gasteiger partial charge in [0.1, 0.15) is 11.6 Å². The van der Waals surface area contributed by atoms with Crippen molar-refractivity contribution in [3.63, 3.8) is 0 Å². The molecule has 0 spiro atoms. The molecule has 0 unspecified atom stereocenters. The molecule has 2 aliphatic heterocycles. The summed E-state index contributed by atoms with van der Waals surface area (Å²) in [4.78, 5) is 29.5. The van der Waals surface area contributed by atoms with Crippen molar-refractivity contribution in [3.05, 3.63) is 42.1 Å². The molecule has 0 aliphatic carbocycles. The molecule has 7 heteroatoms. The number of likely N-dealkylation sites (tertiary alicyclic amines) is 1. The fourth-order valence-corrected chi connectivity index (χ4v) is 3.56. The molecule has 0 saturated carbocycles. The van der Waals surface area contributed by atoms with Crippen molar-refractivity contribution < 1.29 is 14.7 Å². The first-order chi connectivity index (χ1) is 13.1. The lowest BCUT2D eigenvalue weighted by Crippen LogP contribution is -2.45. The van der Waals surface area contributed by atoms with Crippen molar-refractivity contribution in [2.24, 2.45) is 5.92 Å². The van der Waals surface area contributed by atoms with E-state index in [9.17, 15) is 14.9 Å². The molecular formula is C20H24N4O3. The Morgan fingerprint density at radius 1 is 1.04 bits per heavy atom. The number of carbonyl (C=O) groups is 2. The molecule has 1 N–H and O–H groups in total. The highest BCUT2D eigenvalue weighted by atomic mass is 16.4. The highest BCUT2D eigenvalue weighted by molar-refractivity contribution is 5.97. The number of amides is 1. The van der Waals surface area contributed by atoms with Gasteiger partial charge in [0, 0.05) is 51.2 Å². The van der Waals surface area contributed by atoms with E-state index in [4.69, 9.17) is 5.11 Å². The van der Waals surface area contributed by atoms with E-state index in [1.54, 1.807) is 11.1 Å². The quantitative estimate of drug-likeness (QED) is 0.641. The molecule has 1 aromatic rings. The number of carboxylic acid groups (broad SMARTS) is 1. The van der Waals surface area contributed by atoms with E-state index in [-0.39, 0.29) is 11.5 Å². The number of carbonyl (C=O) groups excluding carboxylic acids is 1. The van der Waals surface area contributed by atoms with E-state index in [0.29, 0.717) is 25.9 Å². The molecule has 2 saturated heterocycles. The van der Waals surface area contributed by atoms with Crippen LogP contribution in [-0.2, 0) is 9.59 Å². The fourth-order valence-electron chi connectivity index (χ4n) is 3.56. The molecule has 1 aromatic carbocycles. The summed E-state index contributed by atoms with van der Waals surface area (Å²) in [5.41, 5.74) is 1.30. The summed E-state index contributed by atoms with van der Waals surface area (Å²) in [7, 11) is 0. The number of para-hydroxylation sites is 1. The van der Waals surface area contributed by atoms with Crippen LogP contribution in [0.4, 0.5) is 5.69 Å². The van der Waals surface area contributed by atoms with Crippen molar-refractivity contribution in [2.45, 2.75) is 12.8 Å². The minimum Gasteiger partial charge on any atom is -0.481 e. The van der Waals surface area contributed by atoms with Gasteiger partial charge in [-0.15, -0.1) is 0 Å². The zero-order valence-corrected chi connectivity index (χ0v) is 15.3. The number of carboxylic acids is 1. The molecule has 1 amide bonds. The number of piperidine rings is 1. The topological polar surface area (TPSA) is 87.9 Å². The van der Waals surface area contributed by atoms with Crippen LogP contribution < -0.4 is 4.90 Å². The maximum atomic E-state index is 12.6. The third kappa shape index (κ3) is 4.59. The standard InChI is InChI=1S/C20H24N4O3/c21-14-17(19(25)24-8-6-16(7-9-24)20(26)27)15-22-10-12-23(13-11-22)18-4-2-1-3-5-18/h1-5,15-16H,6-13H2,(H,26,27)/b17-15-. The number of nitrogens with zero attached hydrogens (tertiary/aromatic N) is 4. The summed E-state index contributed by atoms with van der Waals surface area (Å²) in [6.45, 7) is 3.92. The Morgan fingerprint density at radius 2 is 1.67 bits per heavy atom. The number of rotatable bonds is 4. The zero-order chi connectivity index (χ0) is 19.2. The average Bonchev–Trinajstić information content (AvgIpc) is 2.72. The molecule has 2 aliphatic rings. The molecule has 142 valence electrons. The summed E-state index contributed by atoms with van der Waals surface area (Å²) in [5.74, 6) is -1.50. The normalized spacial score (nSPS) is 18.9. The number of hydrogen-bond donors (Lipinski definition) is 1. The second kappa shape index (κ2) is 8.58. The number of nitriles is 1. The summed E-state index contributed by atoms with van der Waals surface area (Å²) in [6.07, 6.45) is 2.54. The Bertz CT molecular complexity index is 740. The van der Waals surface area contributed by atoms with E-state index in [1.807, 2.05) is 29.2 Å². The maximum Gasteiger partial charge on any atom is 0.306 e. The van der Waals surface area contributed by atoms with Crippen LogP contribution in [0.25, 0.3) is 0 Å². The first-order valence-corrected chi connectivity index (χ1v) is 9.26. The van der Waals surface area contributed by atoms with Crippen LogP contribution in [0.1, 0.15) is 12.8 Å². The molecule has 0 radical (unpaired) electrons. The molecule has 0 bridgehead atoms. The summed E-state index contributed by atoms with van der Waals surface area (Å²) >= 11 is 0. The highest BCUT2D eigenvalue weighted by Gasteiger charge is 2.29. The number of benzene rings is 1. The van der Waals surface area contributed by atoms with Crippen molar-refractivity contribution in [3.8, 4) is 6.07 Å². The third-order valence-corrected chi connectivity index (χ3v) is 5.23. The molecule has 2 heterocycles. The molecule has 0 aromatic heterocycles. The van der Waals surface area contributed by atoms with Gasteiger partial charge >= 0.3 is 5.97 Å². The summed E-state index contributed by atoms with van der Waals surface area (Å²) in [5, 5.41) is 18.5. The number of anilines is 1. The van der Waals surface area contributed by atoms with Gasteiger partial charge in [-0.1, -0.05) is 18.2 Å². The predicted molar refractivity (Wildman–Crippen MR) is 101 cm³/mol. The molecule has 7 nitrogen and oxygen atoms in total. The first-order valence-electron chi connectivity index (χ1n) is 9.26. The van der Waals surface area contributed by atoms with Gasteiger partial charge in [0.05, 0.1) is 5.92 Å². The van der Waals surface area contributed by atoms with Crippen LogP contribution in [0.15, 0.2) is 42.1 Å². The number of hydrogen-bond acceptors (Lipinski definition) is 5. The van der Waals surface area contributed by atoms with E-state index >= 15 is 0 Å². The van der Waals surface area contributed by atoms with Gasteiger partial charge < -0.3 is 19.8 Å². The van der Waals surface area contributed by atoms with Crippen LogP contribution in [0.5, 0.6) is 0 Å². The van der Waals surface area contributed by atoms with Crippen molar-refractivity contribution in [1.82, 2.24) is 9.80 Å². The van der Waals surface area contributed by atoms with Gasteiger partial charge in [0.25, 0.3) is 5.91 Å². The van der Waals surface area contributed by atoms with Crippen molar-refractivity contribution in [1.29, 1.82) is 5.26 Å². The Balaban J connectivity index is 1.56. The molecule has 3 rings (SSSR count). The minimum atomic E-state index is -0.811. The largest absolute Gasteiger partial charge is 0.481 e. The van der Waals surface area contributed by atoms with Gasteiger partial charge in [-0.3, -0.25) is 9.59 Å². The van der Waals surface area contributed by atoms with Crippen molar-refractivity contribution in [2.75, 3.05) is 44.2 Å². The predicted octanol–water partition coefficient (Wildman–Crippen LogP) is 1.54. The molecule has 0 atom stereocenters. The fraction of sp³-hybridized carbons (Fsp3) is 0.450. The Morgan fingerprint density at radius 3 is 2.22 bits per heavy atom. The smallest absolute Gasteiger partial charge is 0.306 e. The molecule has 27 heavy (non-hydrogen) atoms. The van der Waals surface area contributed by atoms with E-state index in [0.717, 1.165) is 26.2 Å². The number of piperazine rings is 1. The monoisotopic (exact) mass is 368 g/mol. The Kier molecular flexibility index (Phi) is 5.97. The van der Waals surface area contributed by atoms with Gasteiger partial charge in [0.15, 0.2) is 0 Å².